The van der Waals surface area contributed by atoms with Gasteiger partial charge in [-0.3, -0.25) is 9.78 Å². The molecule has 0 aliphatic carbocycles. The molecule has 8 nitrogen and oxygen atoms in total. The van der Waals surface area contributed by atoms with Crippen molar-refractivity contribution in [3.8, 4) is 0 Å². The number of rotatable bonds is 7. The monoisotopic (exact) mass is 527 g/mol. The number of sulfonamides is 1. The van der Waals surface area contributed by atoms with E-state index in [9.17, 15) is 18.3 Å². The van der Waals surface area contributed by atoms with Crippen molar-refractivity contribution in [3.05, 3.63) is 58.3 Å². The zero-order valence-corrected chi connectivity index (χ0v) is 20.9. The molecule has 1 unspecified atom stereocenters. The van der Waals surface area contributed by atoms with Crippen molar-refractivity contribution in [2.75, 3.05) is 32.8 Å². The SMILES string of the molecule is O=C(COCC1CCCN1S(=O)(=O)c1ccc(Cl)c(Cl)c1)N1CCC(O)(c2ccccn2)CC1. The van der Waals surface area contributed by atoms with Gasteiger partial charge in [0.1, 0.15) is 12.2 Å². The average molecular weight is 528 g/mol. The number of aromatic nitrogens is 1. The third-order valence-corrected chi connectivity index (χ3v) is 9.13. The lowest BCUT2D eigenvalue weighted by Crippen LogP contribution is -2.47. The van der Waals surface area contributed by atoms with Crippen molar-refractivity contribution >= 4 is 39.1 Å². The Balaban J connectivity index is 1.29. The Bertz CT molecular complexity index is 1120. The number of carbonyl (C=O) groups excluding carboxylic acids is 1. The third kappa shape index (κ3) is 5.40. The van der Waals surface area contributed by atoms with Gasteiger partial charge in [0.25, 0.3) is 0 Å². The molecule has 0 spiro atoms. The van der Waals surface area contributed by atoms with Crippen LogP contribution in [0.25, 0.3) is 0 Å². The van der Waals surface area contributed by atoms with Gasteiger partial charge in [-0.25, -0.2) is 8.42 Å². The molecule has 2 aliphatic heterocycles. The predicted molar refractivity (Wildman–Crippen MR) is 128 cm³/mol. The van der Waals surface area contributed by atoms with E-state index < -0.39 is 15.6 Å². The number of pyridine rings is 1. The Hall–Kier alpha value is -1.75. The maximum atomic E-state index is 13.1. The second-order valence-corrected chi connectivity index (χ2v) is 11.3. The Labute approximate surface area is 209 Å². The first-order chi connectivity index (χ1) is 16.2. The molecule has 11 heteroatoms. The van der Waals surface area contributed by atoms with Crippen molar-refractivity contribution < 1.29 is 23.1 Å². The number of halogens is 2. The van der Waals surface area contributed by atoms with E-state index >= 15 is 0 Å². The number of amides is 1. The second kappa shape index (κ2) is 10.5. The molecule has 2 saturated heterocycles. The van der Waals surface area contributed by atoms with Gasteiger partial charge in [0.2, 0.25) is 15.9 Å². The zero-order valence-electron chi connectivity index (χ0n) is 18.6. The summed E-state index contributed by atoms with van der Waals surface area (Å²) >= 11 is 11.9. The van der Waals surface area contributed by atoms with Crippen LogP contribution in [0, 0.1) is 0 Å². The highest BCUT2D eigenvalue weighted by molar-refractivity contribution is 7.89. The molecule has 2 aromatic rings. The van der Waals surface area contributed by atoms with E-state index in [2.05, 4.69) is 4.98 Å². The van der Waals surface area contributed by atoms with Crippen LogP contribution in [0.3, 0.4) is 0 Å². The Morgan fingerprint density at radius 2 is 1.91 bits per heavy atom. The summed E-state index contributed by atoms with van der Waals surface area (Å²) in [5, 5.41) is 11.3. The van der Waals surface area contributed by atoms with Gasteiger partial charge in [-0.1, -0.05) is 29.3 Å². The number of benzene rings is 1. The number of piperidine rings is 1. The van der Waals surface area contributed by atoms with Crippen LogP contribution >= 0.6 is 23.2 Å². The predicted octanol–water partition coefficient (Wildman–Crippen LogP) is 3.07. The summed E-state index contributed by atoms with van der Waals surface area (Å²) in [6, 6.07) is 9.31. The number of nitrogens with zero attached hydrogens (tertiary/aromatic N) is 3. The van der Waals surface area contributed by atoms with E-state index in [1.54, 1.807) is 23.2 Å². The van der Waals surface area contributed by atoms with Gasteiger partial charge < -0.3 is 14.7 Å². The molecular weight excluding hydrogens is 501 g/mol. The summed E-state index contributed by atoms with van der Waals surface area (Å²) in [6.07, 6.45) is 3.80. The maximum absolute atomic E-state index is 13.1. The minimum absolute atomic E-state index is 0.0820. The van der Waals surface area contributed by atoms with Crippen LogP contribution in [0.4, 0.5) is 0 Å². The lowest BCUT2D eigenvalue weighted by molar-refractivity contribution is -0.141. The lowest BCUT2D eigenvalue weighted by Gasteiger charge is -2.37. The van der Waals surface area contributed by atoms with Crippen LogP contribution in [0.15, 0.2) is 47.5 Å². The fourth-order valence-corrected chi connectivity index (χ4v) is 6.53. The van der Waals surface area contributed by atoms with E-state index in [0.29, 0.717) is 51.0 Å². The van der Waals surface area contributed by atoms with Gasteiger partial charge in [0, 0.05) is 31.9 Å². The molecule has 184 valence electrons. The molecular formula is C23H27Cl2N3O5S. The van der Waals surface area contributed by atoms with E-state index in [4.69, 9.17) is 27.9 Å². The van der Waals surface area contributed by atoms with Crippen molar-refractivity contribution in [3.63, 3.8) is 0 Å². The van der Waals surface area contributed by atoms with Crippen LogP contribution in [0.5, 0.6) is 0 Å². The quantitative estimate of drug-likeness (QED) is 0.593. The van der Waals surface area contributed by atoms with E-state index in [-0.39, 0.29) is 40.1 Å². The largest absolute Gasteiger partial charge is 0.383 e. The van der Waals surface area contributed by atoms with Crippen LogP contribution in [-0.2, 0) is 25.2 Å². The summed E-state index contributed by atoms with van der Waals surface area (Å²) in [6.45, 7) is 1.16. The molecule has 1 atom stereocenters. The molecule has 1 aromatic carbocycles. The van der Waals surface area contributed by atoms with Crippen LogP contribution in [0.2, 0.25) is 10.0 Å². The molecule has 2 fully saturated rings. The highest BCUT2D eigenvalue weighted by Crippen LogP contribution is 2.32. The van der Waals surface area contributed by atoms with Crippen LogP contribution < -0.4 is 0 Å². The van der Waals surface area contributed by atoms with Gasteiger partial charge in [0.05, 0.1) is 27.2 Å². The van der Waals surface area contributed by atoms with Gasteiger partial charge in [-0.2, -0.15) is 4.31 Å². The average Bonchev–Trinajstić information content (AvgIpc) is 3.31. The summed E-state index contributed by atoms with van der Waals surface area (Å²) in [5.41, 5.74) is -0.426. The minimum Gasteiger partial charge on any atom is -0.383 e. The molecule has 0 bridgehead atoms. The summed E-state index contributed by atoms with van der Waals surface area (Å²) in [7, 11) is -3.76. The standard InChI is InChI=1S/C23H27Cl2N3O5S/c24-19-7-6-18(14-20(19)25)34(31,32)28-11-3-4-17(28)15-33-16-22(29)27-12-8-23(30,9-13-27)21-5-1-2-10-26-21/h1-2,5-7,10,14,17,30H,3-4,8-9,11-13,15-16H2. The number of ether oxygens (including phenoxy) is 1. The van der Waals surface area contributed by atoms with E-state index in [1.165, 1.54) is 22.5 Å². The smallest absolute Gasteiger partial charge is 0.248 e. The van der Waals surface area contributed by atoms with Gasteiger partial charge in [-0.15, -0.1) is 0 Å². The van der Waals surface area contributed by atoms with Crippen molar-refractivity contribution in [1.29, 1.82) is 0 Å². The molecule has 1 aromatic heterocycles. The summed E-state index contributed by atoms with van der Waals surface area (Å²) in [5.74, 6) is -0.181. The first-order valence-corrected chi connectivity index (χ1v) is 13.4. The lowest BCUT2D eigenvalue weighted by atomic mass is 9.88. The molecule has 3 heterocycles. The second-order valence-electron chi connectivity index (χ2n) is 8.63. The topological polar surface area (TPSA) is 100 Å². The van der Waals surface area contributed by atoms with E-state index in [0.717, 1.165) is 0 Å². The summed E-state index contributed by atoms with van der Waals surface area (Å²) < 4.78 is 33.3. The van der Waals surface area contributed by atoms with Gasteiger partial charge in [-0.05, 0) is 56.0 Å². The Morgan fingerprint density at radius 1 is 1.15 bits per heavy atom. The van der Waals surface area contributed by atoms with Gasteiger partial charge >= 0.3 is 0 Å². The number of hydrogen-bond acceptors (Lipinski definition) is 6. The first kappa shape index (κ1) is 25.3. The Kier molecular flexibility index (Phi) is 7.81. The normalized spacial score (nSPS) is 21.0. The zero-order chi connectivity index (χ0) is 24.3. The molecule has 4 rings (SSSR count). The van der Waals surface area contributed by atoms with E-state index in [1.807, 2.05) is 6.07 Å². The number of hydrogen-bond donors (Lipinski definition) is 1. The fraction of sp³-hybridized carbons (Fsp3) is 0.478. The number of carbonyl (C=O) groups is 1. The highest BCUT2D eigenvalue weighted by atomic mass is 35.5. The van der Waals surface area contributed by atoms with Gasteiger partial charge in [0.15, 0.2) is 0 Å². The molecule has 1 N–H and O–H groups in total. The molecule has 2 aliphatic rings. The third-order valence-electron chi connectivity index (χ3n) is 6.44. The van der Waals surface area contributed by atoms with Crippen LogP contribution in [-0.4, -0.2) is 72.5 Å². The Morgan fingerprint density at radius 3 is 2.59 bits per heavy atom. The molecule has 0 radical (unpaired) electrons. The number of aliphatic hydroxyl groups is 1. The van der Waals surface area contributed by atoms with Crippen LogP contribution in [0.1, 0.15) is 31.4 Å². The molecule has 1 amide bonds. The summed E-state index contributed by atoms with van der Waals surface area (Å²) in [4.78, 5) is 18.6. The highest BCUT2D eigenvalue weighted by Gasteiger charge is 2.38. The molecule has 34 heavy (non-hydrogen) atoms. The molecule has 0 saturated carbocycles. The fourth-order valence-electron chi connectivity index (χ4n) is 4.46. The van der Waals surface area contributed by atoms with Crippen molar-refractivity contribution in [2.45, 2.75) is 42.2 Å². The van der Waals surface area contributed by atoms with Crippen molar-refractivity contribution in [2.24, 2.45) is 0 Å². The first-order valence-electron chi connectivity index (χ1n) is 11.2. The van der Waals surface area contributed by atoms with Crippen molar-refractivity contribution in [1.82, 2.24) is 14.2 Å². The maximum Gasteiger partial charge on any atom is 0.248 e. The minimum atomic E-state index is -3.76. The number of likely N-dealkylation sites (tertiary alicyclic amines) is 1.